The molecule has 112 valence electrons. The van der Waals surface area contributed by atoms with Gasteiger partial charge in [-0.05, 0) is 28.5 Å². The molecule has 0 atom stereocenters. The van der Waals surface area contributed by atoms with Gasteiger partial charge in [-0.3, -0.25) is 0 Å². The minimum Gasteiger partial charge on any atom is -0.381 e. The van der Waals surface area contributed by atoms with E-state index in [1.807, 2.05) is 24.3 Å². The summed E-state index contributed by atoms with van der Waals surface area (Å²) in [6, 6.07) is 22.7. The van der Waals surface area contributed by atoms with Crippen LogP contribution in [0, 0.1) is 11.8 Å². The summed E-state index contributed by atoms with van der Waals surface area (Å²) in [4.78, 5) is 0. The monoisotopic (exact) mass is 298 g/mol. The van der Waals surface area contributed by atoms with Crippen LogP contribution in [0.3, 0.4) is 0 Å². The summed E-state index contributed by atoms with van der Waals surface area (Å²) in [6.07, 6.45) is 4.05. The van der Waals surface area contributed by atoms with E-state index in [1.54, 1.807) is 7.11 Å². The number of methoxy groups -OCH3 is 1. The lowest BCUT2D eigenvalue weighted by Crippen LogP contribution is -1.85. The third kappa shape index (κ3) is 3.69. The Kier molecular flexibility index (Phi) is 4.88. The summed E-state index contributed by atoms with van der Waals surface area (Å²) >= 11 is 0. The first kappa shape index (κ1) is 15.1. The zero-order valence-electron chi connectivity index (χ0n) is 13.1. The molecule has 0 bridgehead atoms. The van der Waals surface area contributed by atoms with Crippen LogP contribution >= 0.6 is 0 Å². The predicted octanol–water partition coefficient (Wildman–Crippen LogP) is 4.90. The standard InChI is InChI=1S/C22H18O/c1-23-17-7-13-18-8-2-3-9-19(18)15-16-21-12-6-11-20-10-4-5-14-22(20)21/h2-14H,17H2,1H3/b13-7+. The third-order valence-electron chi connectivity index (χ3n) is 3.64. The van der Waals surface area contributed by atoms with E-state index in [2.05, 4.69) is 66.4 Å². The summed E-state index contributed by atoms with van der Waals surface area (Å²) in [6.45, 7) is 0.602. The molecule has 0 fully saturated rings. The molecule has 0 spiro atoms. The van der Waals surface area contributed by atoms with Crippen LogP contribution in [0.25, 0.3) is 16.8 Å². The molecule has 0 saturated heterocycles. The predicted molar refractivity (Wildman–Crippen MR) is 97.3 cm³/mol. The minimum atomic E-state index is 0.602. The average Bonchev–Trinajstić information content (AvgIpc) is 2.61. The van der Waals surface area contributed by atoms with E-state index in [9.17, 15) is 0 Å². The minimum absolute atomic E-state index is 0.602. The Morgan fingerprint density at radius 1 is 0.826 bits per heavy atom. The van der Waals surface area contributed by atoms with E-state index in [0.717, 1.165) is 16.7 Å². The number of fused-ring (bicyclic) bond motifs is 1. The van der Waals surface area contributed by atoms with Crippen molar-refractivity contribution in [2.75, 3.05) is 13.7 Å². The fraction of sp³-hybridized carbons (Fsp3) is 0.0909. The second kappa shape index (κ2) is 7.45. The van der Waals surface area contributed by atoms with Gasteiger partial charge in [-0.2, -0.15) is 0 Å². The Hall–Kier alpha value is -2.82. The van der Waals surface area contributed by atoms with E-state index in [1.165, 1.54) is 10.8 Å². The van der Waals surface area contributed by atoms with Crippen LogP contribution in [0.15, 0.2) is 72.8 Å². The van der Waals surface area contributed by atoms with Gasteiger partial charge in [0.25, 0.3) is 0 Å². The highest BCUT2D eigenvalue weighted by molar-refractivity contribution is 5.88. The molecule has 0 radical (unpaired) electrons. The van der Waals surface area contributed by atoms with Gasteiger partial charge in [0.05, 0.1) is 6.61 Å². The van der Waals surface area contributed by atoms with Gasteiger partial charge in [-0.15, -0.1) is 0 Å². The highest BCUT2D eigenvalue weighted by atomic mass is 16.5. The van der Waals surface area contributed by atoms with Gasteiger partial charge < -0.3 is 4.74 Å². The van der Waals surface area contributed by atoms with Gasteiger partial charge in [-0.25, -0.2) is 0 Å². The van der Waals surface area contributed by atoms with Crippen molar-refractivity contribution in [3.8, 4) is 11.8 Å². The van der Waals surface area contributed by atoms with Crippen molar-refractivity contribution in [1.29, 1.82) is 0 Å². The van der Waals surface area contributed by atoms with Crippen LogP contribution < -0.4 is 0 Å². The summed E-state index contributed by atoms with van der Waals surface area (Å²) in [5.41, 5.74) is 3.18. The highest BCUT2D eigenvalue weighted by Gasteiger charge is 1.98. The lowest BCUT2D eigenvalue weighted by Gasteiger charge is -2.00. The lowest BCUT2D eigenvalue weighted by molar-refractivity contribution is 0.234. The average molecular weight is 298 g/mol. The maximum Gasteiger partial charge on any atom is 0.0646 e. The highest BCUT2D eigenvalue weighted by Crippen LogP contribution is 2.18. The summed E-state index contributed by atoms with van der Waals surface area (Å²) in [5.74, 6) is 6.63. The number of ether oxygens (including phenoxy) is 1. The Morgan fingerprint density at radius 2 is 1.52 bits per heavy atom. The Balaban J connectivity index is 1.98. The second-order valence-electron chi connectivity index (χ2n) is 5.22. The van der Waals surface area contributed by atoms with Crippen molar-refractivity contribution in [3.05, 3.63) is 89.5 Å². The molecular formula is C22H18O. The molecule has 0 saturated carbocycles. The summed E-state index contributed by atoms with van der Waals surface area (Å²) in [7, 11) is 1.69. The zero-order valence-corrected chi connectivity index (χ0v) is 13.1. The molecule has 0 heterocycles. The van der Waals surface area contributed by atoms with Crippen LogP contribution in [0.5, 0.6) is 0 Å². The Bertz CT molecular complexity index is 889. The molecule has 0 N–H and O–H groups in total. The van der Waals surface area contributed by atoms with Gasteiger partial charge in [0.15, 0.2) is 0 Å². The van der Waals surface area contributed by atoms with Crippen molar-refractivity contribution in [2.45, 2.75) is 0 Å². The molecule has 3 rings (SSSR count). The smallest absolute Gasteiger partial charge is 0.0646 e. The van der Waals surface area contributed by atoms with Gasteiger partial charge >= 0.3 is 0 Å². The van der Waals surface area contributed by atoms with Crippen molar-refractivity contribution >= 4 is 16.8 Å². The topological polar surface area (TPSA) is 9.23 Å². The van der Waals surface area contributed by atoms with Gasteiger partial charge in [0.1, 0.15) is 0 Å². The lowest BCUT2D eigenvalue weighted by atomic mass is 10.0. The van der Waals surface area contributed by atoms with Crippen molar-refractivity contribution in [2.24, 2.45) is 0 Å². The maximum absolute atomic E-state index is 5.06. The third-order valence-corrected chi connectivity index (χ3v) is 3.64. The summed E-state index contributed by atoms with van der Waals surface area (Å²) < 4.78 is 5.06. The molecule has 0 aromatic heterocycles. The number of rotatable bonds is 3. The molecule has 1 heteroatoms. The molecule has 3 aromatic carbocycles. The SMILES string of the molecule is COC/C=C/c1ccccc1C#Cc1cccc2ccccc12. The Labute approximate surface area is 137 Å². The molecule has 0 aliphatic heterocycles. The first-order valence-electron chi connectivity index (χ1n) is 7.63. The van der Waals surface area contributed by atoms with E-state index in [4.69, 9.17) is 4.74 Å². The molecule has 0 aliphatic rings. The van der Waals surface area contributed by atoms with Crippen LogP contribution in [0.1, 0.15) is 16.7 Å². The van der Waals surface area contributed by atoms with Crippen LogP contribution in [0.4, 0.5) is 0 Å². The van der Waals surface area contributed by atoms with Crippen LogP contribution in [-0.2, 0) is 4.74 Å². The van der Waals surface area contributed by atoms with Crippen molar-refractivity contribution in [1.82, 2.24) is 0 Å². The Morgan fingerprint density at radius 3 is 2.43 bits per heavy atom. The number of hydrogen-bond acceptors (Lipinski definition) is 1. The molecule has 23 heavy (non-hydrogen) atoms. The molecule has 0 amide bonds. The van der Waals surface area contributed by atoms with Gasteiger partial charge in [0.2, 0.25) is 0 Å². The van der Waals surface area contributed by atoms with Crippen LogP contribution in [0.2, 0.25) is 0 Å². The first-order valence-corrected chi connectivity index (χ1v) is 7.63. The van der Waals surface area contributed by atoms with E-state index in [-0.39, 0.29) is 0 Å². The number of benzene rings is 3. The summed E-state index contributed by atoms with van der Waals surface area (Å²) in [5, 5.41) is 2.41. The molecule has 0 unspecified atom stereocenters. The maximum atomic E-state index is 5.06. The van der Waals surface area contributed by atoms with E-state index < -0.39 is 0 Å². The second-order valence-corrected chi connectivity index (χ2v) is 5.22. The fourth-order valence-corrected chi connectivity index (χ4v) is 2.50. The molecule has 1 nitrogen and oxygen atoms in total. The largest absolute Gasteiger partial charge is 0.381 e. The van der Waals surface area contributed by atoms with Gasteiger partial charge in [-0.1, -0.05) is 78.6 Å². The zero-order chi connectivity index (χ0) is 15.9. The normalized spacial score (nSPS) is 10.7. The number of hydrogen-bond donors (Lipinski definition) is 0. The first-order chi connectivity index (χ1) is 11.4. The van der Waals surface area contributed by atoms with E-state index in [0.29, 0.717) is 6.61 Å². The molecule has 0 aliphatic carbocycles. The van der Waals surface area contributed by atoms with Crippen molar-refractivity contribution < 1.29 is 4.74 Å². The van der Waals surface area contributed by atoms with Crippen LogP contribution in [-0.4, -0.2) is 13.7 Å². The molecule has 3 aromatic rings. The van der Waals surface area contributed by atoms with Gasteiger partial charge in [0, 0.05) is 18.2 Å². The quantitative estimate of drug-likeness (QED) is 0.625. The van der Waals surface area contributed by atoms with Crippen molar-refractivity contribution in [3.63, 3.8) is 0 Å². The molecular weight excluding hydrogens is 280 g/mol. The van der Waals surface area contributed by atoms with E-state index >= 15 is 0 Å². The fourth-order valence-electron chi connectivity index (χ4n) is 2.50.